The molecular weight excluding hydrogens is 467 g/mol. The van der Waals surface area contributed by atoms with Gasteiger partial charge in [0.15, 0.2) is 11.9 Å². The molecule has 188 valence electrons. The number of aromatic nitrogens is 5. The molecule has 0 amide bonds. The van der Waals surface area contributed by atoms with Gasteiger partial charge in [0.25, 0.3) is 0 Å². The molecule has 9 nitrogen and oxygen atoms in total. The third-order valence-corrected chi connectivity index (χ3v) is 5.05. The van der Waals surface area contributed by atoms with E-state index in [1.165, 1.54) is 0 Å². The zero-order chi connectivity index (χ0) is 25.4. The molecule has 0 saturated carbocycles. The monoisotopic (exact) mass is 493 g/mol. The van der Waals surface area contributed by atoms with Gasteiger partial charge < -0.3 is 18.8 Å². The number of carbonyl (C=O) groups is 1. The zero-order valence-corrected chi connectivity index (χ0v) is 19.8. The topological polar surface area (TPSA) is 93.3 Å². The van der Waals surface area contributed by atoms with Crippen molar-refractivity contribution in [1.82, 2.24) is 24.3 Å². The second kappa shape index (κ2) is 9.23. The molecule has 1 aliphatic rings. The van der Waals surface area contributed by atoms with Crippen LogP contribution in [0, 0.1) is 0 Å². The number of imidazole rings is 1. The minimum atomic E-state index is -4.44. The van der Waals surface area contributed by atoms with Gasteiger partial charge in [-0.2, -0.15) is 18.3 Å². The normalized spacial score (nSPS) is 14.4. The molecule has 0 N–H and O–H groups in total. The van der Waals surface area contributed by atoms with E-state index in [1.54, 1.807) is 49.7 Å². The van der Waals surface area contributed by atoms with Gasteiger partial charge in [-0.15, -0.1) is 0 Å². The summed E-state index contributed by atoms with van der Waals surface area (Å²) in [5.41, 5.74) is 0.267. The number of alkyl halides is 3. The van der Waals surface area contributed by atoms with Gasteiger partial charge in [-0.1, -0.05) is 6.92 Å². The van der Waals surface area contributed by atoms with E-state index in [1.807, 2.05) is 6.92 Å². The minimum absolute atomic E-state index is 0.0217. The van der Waals surface area contributed by atoms with Crippen LogP contribution < -0.4 is 9.47 Å². The number of ether oxygens (including phenoxy) is 3. The Kier molecular flexibility index (Phi) is 6.48. The molecular formula is C23H26F3N5O4. The van der Waals surface area contributed by atoms with Gasteiger partial charge in [-0.05, 0) is 39.3 Å². The SMILES string of the molecule is CC[C@H](Oc1ccc2c(c1)OCCn1cc(-c3ncnn3CC(F)(F)F)nc1-2)C(=O)OC(C)(C)C. The maximum atomic E-state index is 12.9. The predicted octanol–water partition coefficient (Wildman–Crippen LogP) is 4.26. The molecule has 0 saturated heterocycles. The van der Waals surface area contributed by atoms with Crippen LogP contribution >= 0.6 is 0 Å². The number of esters is 1. The Hall–Kier alpha value is -3.57. The molecule has 1 atom stereocenters. The molecule has 3 aromatic rings. The molecule has 0 unspecified atom stereocenters. The number of hydrogen-bond acceptors (Lipinski definition) is 7. The summed E-state index contributed by atoms with van der Waals surface area (Å²) in [5.74, 6) is 0.980. The molecule has 0 spiro atoms. The first-order valence-electron chi connectivity index (χ1n) is 11.1. The van der Waals surface area contributed by atoms with Gasteiger partial charge in [-0.3, -0.25) is 0 Å². The fraction of sp³-hybridized carbons (Fsp3) is 0.478. The van der Waals surface area contributed by atoms with E-state index in [0.29, 0.717) is 42.5 Å². The summed E-state index contributed by atoms with van der Waals surface area (Å²) in [6.07, 6.45) is -2.11. The van der Waals surface area contributed by atoms with Crippen molar-refractivity contribution in [2.75, 3.05) is 6.61 Å². The van der Waals surface area contributed by atoms with Gasteiger partial charge in [0.2, 0.25) is 0 Å². The average Bonchev–Trinajstić information content (AvgIpc) is 3.32. The Morgan fingerprint density at radius 1 is 1.23 bits per heavy atom. The standard InChI is InChI=1S/C23H26F3N5O4/c1-5-17(21(32)35-22(2,3)4)34-14-6-7-15-18(10-14)33-9-8-30-11-16(29-19(15)30)20-27-13-28-31(20)12-23(24,25)26/h6-7,10-11,13,17H,5,8-9,12H2,1-4H3/t17-/m0/s1. The molecule has 35 heavy (non-hydrogen) atoms. The van der Waals surface area contributed by atoms with Crippen molar-refractivity contribution >= 4 is 5.97 Å². The summed E-state index contributed by atoms with van der Waals surface area (Å²) >= 11 is 0. The summed E-state index contributed by atoms with van der Waals surface area (Å²) in [6, 6.07) is 5.09. The number of halogens is 3. The van der Waals surface area contributed by atoms with Crippen LogP contribution in [0.2, 0.25) is 0 Å². The van der Waals surface area contributed by atoms with Gasteiger partial charge in [0.1, 0.15) is 48.1 Å². The number of carbonyl (C=O) groups excluding carboxylic acids is 1. The lowest BCUT2D eigenvalue weighted by Crippen LogP contribution is -2.34. The molecule has 0 bridgehead atoms. The van der Waals surface area contributed by atoms with Crippen LogP contribution in [0.25, 0.3) is 22.9 Å². The first-order valence-corrected chi connectivity index (χ1v) is 11.1. The molecule has 12 heteroatoms. The minimum Gasteiger partial charge on any atom is -0.491 e. The van der Waals surface area contributed by atoms with Crippen molar-refractivity contribution in [3.05, 3.63) is 30.7 Å². The summed E-state index contributed by atoms with van der Waals surface area (Å²) in [4.78, 5) is 21.0. The molecule has 3 heterocycles. The Bertz CT molecular complexity index is 1210. The average molecular weight is 493 g/mol. The summed E-state index contributed by atoms with van der Waals surface area (Å²) < 4.78 is 58.5. The van der Waals surface area contributed by atoms with Gasteiger partial charge in [0.05, 0.1) is 12.1 Å². The number of rotatable bonds is 6. The Labute approximate surface area is 199 Å². The lowest BCUT2D eigenvalue weighted by Gasteiger charge is -2.24. The number of fused-ring (bicyclic) bond motifs is 3. The van der Waals surface area contributed by atoms with Crippen LogP contribution in [-0.2, 0) is 22.6 Å². The predicted molar refractivity (Wildman–Crippen MR) is 119 cm³/mol. The van der Waals surface area contributed by atoms with Crippen LogP contribution in [0.5, 0.6) is 11.5 Å². The zero-order valence-electron chi connectivity index (χ0n) is 19.8. The van der Waals surface area contributed by atoms with Crippen LogP contribution in [0.15, 0.2) is 30.7 Å². The lowest BCUT2D eigenvalue weighted by atomic mass is 10.1. The van der Waals surface area contributed by atoms with Gasteiger partial charge in [0, 0.05) is 12.3 Å². The molecule has 1 aromatic carbocycles. The molecule has 2 aromatic heterocycles. The van der Waals surface area contributed by atoms with Crippen molar-refractivity contribution in [2.45, 2.75) is 65.1 Å². The van der Waals surface area contributed by atoms with Crippen molar-refractivity contribution in [2.24, 2.45) is 0 Å². The maximum absolute atomic E-state index is 12.9. The fourth-order valence-electron chi connectivity index (χ4n) is 3.62. The second-order valence-corrected chi connectivity index (χ2v) is 9.05. The highest BCUT2D eigenvalue weighted by Gasteiger charge is 2.31. The van der Waals surface area contributed by atoms with Crippen LogP contribution in [-0.4, -0.2) is 54.8 Å². The fourth-order valence-corrected chi connectivity index (χ4v) is 3.62. The smallest absolute Gasteiger partial charge is 0.408 e. The van der Waals surface area contributed by atoms with E-state index < -0.39 is 30.4 Å². The number of nitrogens with zero attached hydrogens (tertiary/aromatic N) is 5. The third-order valence-electron chi connectivity index (χ3n) is 5.05. The molecule has 1 aliphatic heterocycles. The molecule has 4 rings (SSSR count). The van der Waals surface area contributed by atoms with E-state index in [0.717, 1.165) is 11.0 Å². The second-order valence-electron chi connectivity index (χ2n) is 9.05. The molecule has 0 fully saturated rings. The van der Waals surface area contributed by atoms with Gasteiger partial charge >= 0.3 is 12.1 Å². The molecule has 0 radical (unpaired) electrons. The summed E-state index contributed by atoms with van der Waals surface area (Å²) in [5, 5.41) is 3.69. The van der Waals surface area contributed by atoms with E-state index in [9.17, 15) is 18.0 Å². The van der Waals surface area contributed by atoms with E-state index >= 15 is 0 Å². The van der Waals surface area contributed by atoms with E-state index in [2.05, 4.69) is 15.1 Å². The quantitative estimate of drug-likeness (QED) is 0.474. The van der Waals surface area contributed by atoms with Crippen LogP contribution in [0.3, 0.4) is 0 Å². The highest BCUT2D eigenvalue weighted by molar-refractivity contribution is 5.76. The van der Waals surface area contributed by atoms with E-state index in [-0.39, 0.29) is 11.5 Å². The highest BCUT2D eigenvalue weighted by atomic mass is 19.4. The Morgan fingerprint density at radius 3 is 2.69 bits per heavy atom. The van der Waals surface area contributed by atoms with Crippen molar-refractivity contribution in [3.63, 3.8) is 0 Å². The first kappa shape index (κ1) is 24.6. The first-order chi connectivity index (χ1) is 16.4. The Balaban J connectivity index is 1.61. The van der Waals surface area contributed by atoms with Crippen LogP contribution in [0.4, 0.5) is 13.2 Å². The van der Waals surface area contributed by atoms with Crippen LogP contribution in [0.1, 0.15) is 34.1 Å². The highest BCUT2D eigenvalue weighted by Crippen LogP contribution is 2.36. The van der Waals surface area contributed by atoms with Crippen molar-refractivity contribution < 1.29 is 32.2 Å². The third kappa shape index (κ3) is 5.75. The Morgan fingerprint density at radius 2 is 2.00 bits per heavy atom. The maximum Gasteiger partial charge on any atom is 0.408 e. The largest absolute Gasteiger partial charge is 0.491 e. The van der Waals surface area contributed by atoms with Gasteiger partial charge in [-0.25, -0.2) is 19.4 Å². The number of benzene rings is 1. The van der Waals surface area contributed by atoms with Crippen molar-refractivity contribution in [3.8, 4) is 34.4 Å². The number of hydrogen-bond donors (Lipinski definition) is 0. The summed E-state index contributed by atoms with van der Waals surface area (Å²) in [7, 11) is 0. The lowest BCUT2D eigenvalue weighted by molar-refractivity contribution is -0.163. The van der Waals surface area contributed by atoms with Crippen molar-refractivity contribution in [1.29, 1.82) is 0 Å². The van der Waals surface area contributed by atoms with E-state index in [4.69, 9.17) is 14.2 Å². The summed E-state index contributed by atoms with van der Waals surface area (Å²) in [6.45, 7) is 6.65. The molecule has 0 aliphatic carbocycles.